The summed E-state index contributed by atoms with van der Waals surface area (Å²) in [6, 6.07) is 0.121. The van der Waals surface area contributed by atoms with Gasteiger partial charge >= 0.3 is 0 Å². The first-order valence-electron chi connectivity index (χ1n) is 5.84. The van der Waals surface area contributed by atoms with E-state index in [0.717, 1.165) is 19.4 Å². The first-order valence-corrected chi connectivity index (χ1v) is 7.67. The molecule has 1 aliphatic rings. The highest BCUT2D eigenvalue weighted by Gasteiger charge is 2.27. The van der Waals surface area contributed by atoms with Crippen LogP contribution in [0.25, 0.3) is 0 Å². The third-order valence-corrected chi connectivity index (χ3v) is 4.83. The number of hydrogen-bond donors (Lipinski definition) is 0. The van der Waals surface area contributed by atoms with E-state index in [0.29, 0.717) is 13.0 Å². The molecular weight excluding hydrogens is 226 g/mol. The van der Waals surface area contributed by atoms with Gasteiger partial charge in [-0.25, -0.2) is 8.42 Å². The molecule has 1 aliphatic heterocycles. The number of rotatable bonds is 5. The highest BCUT2D eigenvalue weighted by molar-refractivity contribution is 7.91. The van der Waals surface area contributed by atoms with E-state index in [2.05, 4.69) is 4.90 Å². The maximum Gasteiger partial charge on any atom is 0.153 e. The average Bonchev–Trinajstić information content (AvgIpc) is 2.13. The minimum Gasteiger partial charge on any atom is -0.300 e. The summed E-state index contributed by atoms with van der Waals surface area (Å²) in [6.07, 6.45) is 2.52. The highest BCUT2D eigenvalue weighted by atomic mass is 32.2. The van der Waals surface area contributed by atoms with Gasteiger partial charge in [-0.1, -0.05) is 0 Å². The molecule has 1 unspecified atom stereocenters. The van der Waals surface area contributed by atoms with Crippen molar-refractivity contribution in [1.29, 1.82) is 0 Å². The van der Waals surface area contributed by atoms with E-state index in [4.69, 9.17) is 0 Å². The summed E-state index contributed by atoms with van der Waals surface area (Å²) in [5, 5.41) is 0. The highest BCUT2D eigenvalue weighted by Crippen LogP contribution is 2.12. The van der Waals surface area contributed by atoms with Crippen LogP contribution in [0, 0.1) is 0 Å². The topological polar surface area (TPSA) is 54.5 Å². The van der Waals surface area contributed by atoms with Crippen LogP contribution >= 0.6 is 0 Å². The Morgan fingerprint density at radius 3 is 2.62 bits per heavy atom. The number of ketones is 1. The summed E-state index contributed by atoms with van der Waals surface area (Å²) in [6.45, 7) is 5.12. The van der Waals surface area contributed by atoms with Crippen LogP contribution in [-0.4, -0.2) is 49.7 Å². The van der Waals surface area contributed by atoms with E-state index in [9.17, 15) is 13.2 Å². The van der Waals surface area contributed by atoms with Gasteiger partial charge in [0.2, 0.25) is 0 Å². The predicted molar refractivity (Wildman–Crippen MR) is 64.2 cm³/mol. The molecule has 0 aromatic heterocycles. The van der Waals surface area contributed by atoms with E-state index in [-0.39, 0.29) is 23.3 Å². The van der Waals surface area contributed by atoms with E-state index in [1.54, 1.807) is 6.92 Å². The fourth-order valence-corrected chi connectivity index (χ4v) is 3.68. The van der Waals surface area contributed by atoms with E-state index in [1.807, 2.05) is 6.92 Å². The average molecular weight is 247 g/mol. The predicted octanol–water partition coefficient (Wildman–Crippen LogP) is 0.865. The number of carbonyl (C=O) groups excluding carboxylic acids is 1. The van der Waals surface area contributed by atoms with Gasteiger partial charge in [0.05, 0.1) is 11.5 Å². The molecule has 0 aliphatic carbocycles. The van der Waals surface area contributed by atoms with Gasteiger partial charge < -0.3 is 4.79 Å². The van der Waals surface area contributed by atoms with Crippen LogP contribution in [0.1, 0.15) is 33.1 Å². The maximum absolute atomic E-state index is 11.4. The molecule has 0 amide bonds. The Kier molecular flexibility index (Phi) is 4.92. The summed E-state index contributed by atoms with van der Waals surface area (Å²) < 4.78 is 22.7. The van der Waals surface area contributed by atoms with E-state index >= 15 is 0 Å². The first kappa shape index (κ1) is 13.6. The molecule has 0 bridgehead atoms. The Labute approximate surface area is 97.9 Å². The Hall–Kier alpha value is -0.420. The van der Waals surface area contributed by atoms with Gasteiger partial charge in [0, 0.05) is 19.0 Å². The number of nitrogens with zero attached hydrogens (tertiary/aromatic N) is 1. The quantitative estimate of drug-likeness (QED) is 0.676. The van der Waals surface area contributed by atoms with Crippen molar-refractivity contribution in [2.45, 2.75) is 39.2 Å². The number of unbranched alkanes of at least 4 members (excludes halogenated alkanes) is 1. The Bertz CT molecular complexity index is 337. The summed E-state index contributed by atoms with van der Waals surface area (Å²) in [4.78, 5) is 13.0. The molecule has 1 fully saturated rings. The lowest BCUT2D eigenvalue weighted by Gasteiger charge is -2.32. The maximum atomic E-state index is 11.4. The van der Waals surface area contributed by atoms with Crippen molar-refractivity contribution in [2.75, 3.05) is 24.6 Å². The van der Waals surface area contributed by atoms with Crippen molar-refractivity contribution < 1.29 is 13.2 Å². The molecule has 94 valence electrons. The number of carbonyl (C=O) groups is 1. The monoisotopic (exact) mass is 247 g/mol. The zero-order chi connectivity index (χ0) is 12.2. The van der Waals surface area contributed by atoms with Crippen LogP contribution < -0.4 is 0 Å². The number of Topliss-reactive ketones (excluding diaryl/α,β-unsaturated/α-hetero) is 1. The lowest BCUT2D eigenvalue weighted by atomic mass is 10.1. The number of sulfone groups is 1. The SMILES string of the molecule is CC(=O)CCCCN1CCS(=O)(=O)CC1C. The molecule has 1 heterocycles. The second-order valence-electron chi connectivity index (χ2n) is 4.66. The van der Waals surface area contributed by atoms with Gasteiger partial charge in [0.15, 0.2) is 9.84 Å². The summed E-state index contributed by atoms with van der Waals surface area (Å²) >= 11 is 0. The molecule has 0 aromatic rings. The van der Waals surface area contributed by atoms with Crippen molar-refractivity contribution in [2.24, 2.45) is 0 Å². The molecule has 16 heavy (non-hydrogen) atoms. The van der Waals surface area contributed by atoms with Crippen LogP contribution in [0.5, 0.6) is 0 Å². The Balaban J connectivity index is 2.26. The van der Waals surface area contributed by atoms with Crippen LogP contribution in [0.2, 0.25) is 0 Å². The van der Waals surface area contributed by atoms with Crippen LogP contribution in [-0.2, 0) is 14.6 Å². The van der Waals surface area contributed by atoms with E-state index < -0.39 is 9.84 Å². The van der Waals surface area contributed by atoms with Crippen molar-refractivity contribution in [1.82, 2.24) is 4.90 Å². The van der Waals surface area contributed by atoms with Gasteiger partial charge in [-0.05, 0) is 33.2 Å². The molecule has 0 spiro atoms. The molecule has 4 nitrogen and oxygen atoms in total. The third kappa shape index (κ3) is 4.61. The summed E-state index contributed by atoms with van der Waals surface area (Å²) in [5.74, 6) is 0.790. The first-order chi connectivity index (χ1) is 7.41. The molecule has 1 rings (SSSR count). The van der Waals surface area contributed by atoms with Crippen molar-refractivity contribution in [3.8, 4) is 0 Å². The van der Waals surface area contributed by atoms with Crippen LogP contribution in [0.3, 0.4) is 0 Å². The zero-order valence-electron chi connectivity index (χ0n) is 10.1. The molecule has 0 aromatic carbocycles. The Morgan fingerprint density at radius 1 is 1.38 bits per heavy atom. The lowest BCUT2D eigenvalue weighted by molar-refractivity contribution is -0.117. The van der Waals surface area contributed by atoms with Gasteiger partial charge in [-0.3, -0.25) is 4.90 Å². The molecule has 0 N–H and O–H groups in total. The van der Waals surface area contributed by atoms with Crippen molar-refractivity contribution in [3.63, 3.8) is 0 Å². The van der Waals surface area contributed by atoms with Gasteiger partial charge in [-0.2, -0.15) is 0 Å². The molecule has 5 heteroatoms. The normalized spacial score (nSPS) is 25.5. The van der Waals surface area contributed by atoms with Crippen LogP contribution in [0.15, 0.2) is 0 Å². The summed E-state index contributed by atoms with van der Waals surface area (Å²) in [7, 11) is -2.80. The smallest absolute Gasteiger partial charge is 0.153 e. The van der Waals surface area contributed by atoms with E-state index in [1.165, 1.54) is 0 Å². The fraction of sp³-hybridized carbons (Fsp3) is 0.909. The fourth-order valence-electron chi connectivity index (χ4n) is 2.05. The standard InChI is InChI=1S/C11H21NO3S/c1-10-9-16(14,15)8-7-12(10)6-4-3-5-11(2)13/h10H,3-9H2,1-2H3. The third-order valence-electron chi connectivity index (χ3n) is 3.03. The van der Waals surface area contributed by atoms with Crippen molar-refractivity contribution >= 4 is 15.6 Å². The number of hydrogen-bond acceptors (Lipinski definition) is 4. The molecule has 0 radical (unpaired) electrons. The van der Waals surface area contributed by atoms with Crippen LogP contribution in [0.4, 0.5) is 0 Å². The van der Waals surface area contributed by atoms with Gasteiger partial charge in [0.25, 0.3) is 0 Å². The lowest BCUT2D eigenvalue weighted by Crippen LogP contribution is -2.47. The second kappa shape index (κ2) is 5.77. The minimum atomic E-state index is -2.80. The molecule has 0 saturated carbocycles. The molecule has 1 saturated heterocycles. The van der Waals surface area contributed by atoms with Crippen molar-refractivity contribution in [3.05, 3.63) is 0 Å². The van der Waals surface area contributed by atoms with Gasteiger partial charge in [0.1, 0.15) is 5.78 Å². The minimum absolute atomic E-state index is 0.121. The Morgan fingerprint density at radius 2 is 2.06 bits per heavy atom. The summed E-state index contributed by atoms with van der Waals surface area (Å²) in [5.41, 5.74) is 0. The molecular formula is C11H21NO3S. The molecule has 1 atom stereocenters. The van der Waals surface area contributed by atoms with Gasteiger partial charge in [-0.15, -0.1) is 0 Å². The second-order valence-corrected chi connectivity index (χ2v) is 6.89. The largest absolute Gasteiger partial charge is 0.300 e. The zero-order valence-corrected chi connectivity index (χ0v) is 10.9.